The molecular weight excluding hydrogens is 162 g/mol. The minimum Gasteiger partial charge on any atom is -0.500 e. The van der Waals surface area contributed by atoms with E-state index < -0.39 is 0 Å². The Balaban J connectivity index is 0. The van der Waals surface area contributed by atoms with E-state index in [1.54, 1.807) is 13.3 Å². The fraction of sp³-hybridized carbons (Fsp3) is 0.727. The number of nitrogens with zero attached hydrogens (tertiary/aromatic N) is 1. The van der Waals surface area contributed by atoms with Gasteiger partial charge >= 0.3 is 0 Å². The van der Waals surface area contributed by atoms with E-state index in [0.29, 0.717) is 0 Å². The molecule has 0 spiro atoms. The maximum Gasteiger partial charge on any atom is 0.114 e. The van der Waals surface area contributed by atoms with Crippen molar-refractivity contribution in [2.45, 2.75) is 47.5 Å². The Kier molecular flexibility index (Phi) is 12.7. The molecule has 0 bridgehead atoms. The molecule has 0 amide bonds. The van der Waals surface area contributed by atoms with Crippen LogP contribution in [0, 0.1) is 0 Å². The third kappa shape index (κ3) is 7.57. The van der Waals surface area contributed by atoms with Crippen LogP contribution < -0.4 is 0 Å². The van der Waals surface area contributed by atoms with Crippen molar-refractivity contribution >= 4 is 6.21 Å². The second-order valence-corrected chi connectivity index (χ2v) is 2.34. The second-order valence-electron chi connectivity index (χ2n) is 2.34. The van der Waals surface area contributed by atoms with Gasteiger partial charge in [0.15, 0.2) is 0 Å². The first-order valence-corrected chi connectivity index (χ1v) is 4.98. The summed E-state index contributed by atoms with van der Waals surface area (Å²) in [6.07, 6.45) is 3.89. The smallest absolute Gasteiger partial charge is 0.114 e. The normalized spacial score (nSPS) is 11.8. The quantitative estimate of drug-likeness (QED) is 0.482. The molecule has 0 saturated carbocycles. The molecule has 0 unspecified atom stereocenters. The summed E-state index contributed by atoms with van der Waals surface area (Å²) in [5.74, 6) is 0.921. The van der Waals surface area contributed by atoms with E-state index in [2.05, 4.69) is 11.9 Å². The van der Waals surface area contributed by atoms with Crippen LogP contribution in [0.25, 0.3) is 0 Å². The SMILES string of the molecule is CC.CC=N/C(CCC)=C(\C)OC. The Hall–Kier alpha value is -0.790. The molecule has 0 atom stereocenters. The van der Waals surface area contributed by atoms with E-state index in [-0.39, 0.29) is 0 Å². The van der Waals surface area contributed by atoms with Crippen molar-refractivity contribution < 1.29 is 4.74 Å². The molecule has 0 radical (unpaired) electrons. The summed E-state index contributed by atoms with van der Waals surface area (Å²) in [4.78, 5) is 4.21. The zero-order valence-electron chi connectivity index (χ0n) is 9.85. The first-order chi connectivity index (χ1) is 6.26. The molecular formula is C11H23NO. The van der Waals surface area contributed by atoms with Gasteiger partial charge in [-0.15, -0.1) is 0 Å². The summed E-state index contributed by atoms with van der Waals surface area (Å²) in [6, 6.07) is 0. The van der Waals surface area contributed by atoms with E-state index in [4.69, 9.17) is 4.74 Å². The molecule has 0 heterocycles. The Morgan fingerprint density at radius 3 is 2.23 bits per heavy atom. The Morgan fingerprint density at radius 1 is 1.38 bits per heavy atom. The zero-order chi connectivity index (χ0) is 10.7. The number of hydrogen-bond acceptors (Lipinski definition) is 2. The summed E-state index contributed by atoms with van der Waals surface area (Å²) in [6.45, 7) is 9.99. The molecule has 0 aromatic carbocycles. The van der Waals surface area contributed by atoms with Crippen molar-refractivity contribution in [1.82, 2.24) is 0 Å². The van der Waals surface area contributed by atoms with Gasteiger partial charge < -0.3 is 4.74 Å². The summed E-state index contributed by atoms with van der Waals surface area (Å²) in [5.41, 5.74) is 1.05. The molecule has 0 fully saturated rings. The lowest BCUT2D eigenvalue weighted by Crippen LogP contribution is -1.88. The molecule has 2 nitrogen and oxygen atoms in total. The van der Waals surface area contributed by atoms with Crippen LogP contribution in [0.15, 0.2) is 16.4 Å². The highest BCUT2D eigenvalue weighted by Crippen LogP contribution is 2.12. The zero-order valence-corrected chi connectivity index (χ0v) is 9.85. The Bertz CT molecular complexity index is 159. The Morgan fingerprint density at radius 2 is 1.92 bits per heavy atom. The number of rotatable bonds is 4. The lowest BCUT2D eigenvalue weighted by Gasteiger charge is -2.04. The van der Waals surface area contributed by atoms with Gasteiger partial charge in [0.05, 0.1) is 12.8 Å². The van der Waals surface area contributed by atoms with E-state index in [0.717, 1.165) is 24.3 Å². The highest BCUT2D eigenvalue weighted by atomic mass is 16.5. The highest BCUT2D eigenvalue weighted by Gasteiger charge is 1.97. The van der Waals surface area contributed by atoms with Crippen LogP contribution in [0.4, 0.5) is 0 Å². The highest BCUT2D eigenvalue weighted by molar-refractivity contribution is 5.55. The number of hydrogen-bond donors (Lipinski definition) is 0. The first-order valence-electron chi connectivity index (χ1n) is 4.98. The Labute approximate surface area is 82.7 Å². The van der Waals surface area contributed by atoms with Gasteiger partial charge in [-0.3, -0.25) is 4.99 Å². The first kappa shape index (κ1) is 14.7. The van der Waals surface area contributed by atoms with Crippen LogP contribution in [0.1, 0.15) is 47.5 Å². The van der Waals surface area contributed by atoms with Crippen LogP contribution in [0.2, 0.25) is 0 Å². The summed E-state index contributed by atoms with van der Waals surface area (Å²) in [7, 11) is 1.68. The van der Waals surface area contributed by atoms with Crippen LogP contribution in [0.3, 0.4) is 0 Å². The van der Waals surface area contributed by atoms with Crippen LogP contribution in [-0.4, -0.2) is 13.3 Å². The summed E-state index contributed by atoms with van der Waals surface area (Å²) >= 11 is 0. The van der Waals surface area contributed by atoms with Gasteiger partial charge in [0.1, 0.15) is 5.76 Å². The number of aliphatic imine (C=N–C) groups is 1. The molecule has 0 aromatic heterocycles. The lowest BCUT2D eigenvalue weighted by molar-refractivity contribution is 0.287. The molecule has 13 heavy (non-hydrogen) atoms. The number of methoxy groups -OCH3 is 1. The van der Waals surface area contributed by atoms with E-state index in [1.807, 2.05) is 27.7 Å². The van der Waals surface area contributed by atoms with Crippen molar-refractivity contribution in [3.05, 3.63) is 11.5 Å². The third-order valence-corrected chi connectivity index (χ3v) is 1.48. The summed E-state index contributed by atoms with van der Waals surface area (Å²) in [5, 5.41) is 0. The van der Waals surface area contributed by atoms with Gasteiger partial charge in [0.25, 0.3) is 0 Å². The van der Waals surface area contributed by atoms with Crippen molar-refractivity contribution in [3.8, 4) is 0 Å². The van der Waals surface area contributed by atoms with Crippen LogP contribution in [0.5, 0.6) is 0 Å². The minimum atomic E-state index is 0.921. The molecule has 0 aliphatic carbocycles. The largest absolute Gasteiger partial charge is 0.500 e. The number of ether oxygens (including phenoxy) is 1. The van der Waals surface area contributed by atoms with Gasteiger partial charge in [-0.2, -0.15) is 0 Å². The molecule has 0 saturated heterocycles. The fourth-order valence-electron chi connectivity index (χ4n) is 0.842. The maximum atomic E-state index is 5.08. The van der Waals surface area contributed by atoms with Gasteiger partial charge in [-0.1, -0.05) is 27.2 Å². The van der Waals surface area contributed by atoms with Crippen LogP contribution in [-0.2, 0) is 4.74 Å². The van der Waals surface area contributed by atoms with E-state index >= 15 is 0 Å². The van der Waals surface area contributed by atoms with E-state index in [1.165, 1.54) is 0 Å². The average Bonchev–Trinajstić information content (AvgIpc) is 2.19. The van der Waals surface area contributed by atoms with Gasteiger partial charge in [0, 0.05) is 6.21 Å². The third-order valence-electron chi connectivity index (χ3n) is 1.48. The average molecular weight is 185 g/mol. The van der Waals surface area contributed by atoms with Gasteiger partial charge in [0.2, 0.25) is 0 Å². The standard InChI is InChI=1S/C9H17NO.C2H6/c1-5-7-9(10-6-2)8(3)11-4;1-2/h6H,5,7H2,1-4H3;1-2H3/b9-8+,10-6?;. The predicted octanol–water partition coefficient (Wildman–Crippen LogP) is 3.78. The molecule has 0 aliphatic rings. The van der Waals surface area contributed by atoms with Gasteiger partial charge in [-0.25, -0.2) is 0 Å². The molecule has 0 aromatic rings. The topological polar surface area (TPSA) is 21.6 Å². The molecule has 0 rings (SSSR count). The maximum absolute atomic E-state index is 5.08. The van der Waals surface area contributed by atoms with Crippen molar-refractivity contribution in [1.29, 1.82) is 0 Å². The lowest BCUT2D eigenvalue weighted by atomic mass is 10.2. The fourth-order valence-corrected chi connectivity index (χ4v) is 0.842. The molecule has 0 N–H and O–H groups in total. The molecule has 2 heteroatoms. The van der Waals surface area contributed by atoms with Gasteiger partial charge in [-0.05, 0) is 20.3 Å². The monoisotopic (exact) mass is 185 g/mol. The number of allylic oxidation sites excluding steroid dienone is 2. The predicted molar refractivity (Wildman–Crippen MR) is 60.1 cm³/mol. The minimum absolute atomic E-state index is 0.921. The molecule has 0 aliphatic heterocycles. The van der Waals surface area contributed by atoms with Crippen molar-refractivity contribution in [2.75, 3.05) is 7.11 Å². The van der Waals surface area contributed by atoms with E-state index in [9.17, 15) is 0 Å². The molecule has 78 valence electrons. The van der Waals surface area contributed by atoms with Crippen molar-refractivity contribution in [2.24, 2.45) is 4.99 Å². The summed E-state index contributed by atoms with van der Waals surface area (Å²) < 4.78 is 5.08. The second kappa shape index (κ2) is 11.2. The van der Waals surface area contributed by atoms with Crippen LogP contribution >= 0.6 is 0 Å². The van der Waals surface area contributed by atoms with Crippen molar-refractivity contribution in [3.63, 3.8) is 0 Å².